The van der Waals surface area contributed by atoms with E-state index < -0.39 is 69.6 Å². The molecule has 2 bridgehead atoms. The number of benzene rings is 2. The minimum atomic E-state index is -2.38. The van der Waals surface area contributed by atoms with Crippen LogP contribution in [0.5, 0.6) is 5.75 Å². The number of hydrogen-bond donors (Lipinski definition) is 4. The molecule has 1 aliphatic carbocycles. The standard InChI is InChI=1S/C46H60N4O10/c1-8-42(55)20-27-21-45(40(53)58-6,36-30(14-16-49(23-27)25-42)29-12-10-11-13-33(29)47-36)32-18-31-34(19-35(32)57-5)48(4)38-44(31)15-17-50-24-28(52)22-43(9-2,37(44)50)39(60-26(3)51)46(38,56)41(54)59-7/h10-13,18-19,27-28,37-39,47,52,55-56H,8-9,14-17,20-25H2,1-7H3/t27-,28-,37-,38+,39+,42-,43+,44+,45-,46-/m0/s1. The summed E-state index contributed by atoms with van der Waals surface area (Å²) in [6, 6.07) is 10.7. The number of H-pyrrole nitrogens is 1. The molecule has 5 aliphatic heterocycles. The van der Waals surface area contributed by atoms with Gasteiger partial charge in [0.25, 0.3) is 0 Å². The molecule has 6 heterocycles. The van der Waals surface area contributed by atoms with Gasteiger partial charge >= 0.3 is 17.9 Å². The first kappa shape index (κ1) is 41.2. The Balaban J connectivity index is 1.36. The smallest absolute Gasteiger partial charge is 0.344 e. The van der Waals surface area contributed by atoms with Crippen molar-refractivity contribution in [3.05, 3.63) is 58.8 Å². The fourth-order valence-electron chi connectivity index (χ4n) is 14.0. The van der Waals surface area contributed by atoms with E-state index in [9.17, 15) is 24.9 Å². The van der Waals surface area contributed by atoms with Crippen LogP contribution < -0.4 is 9.64 Å². The number of hydrogen-bond acceptors (Lipinski definition) is 13. The van der Waals surface area contributed by atoms with Crippen LogP contribution in [0.25, 0.3) is 10.9 Å². The summed E-state index contributed by atoms with van der Waals surface area (Å²) >= 11 is 0. The van der Waals surface area contributed by atoms with Gasteiger partial charge in [0.05, 0.1) is 39.1 Å². The number of anilines is 1. The van der Waals surface area contributed by atoms with Crippen LogP contribution in [-0.2, 0) is 45.8 Å². The second-order valence-electron chi connectivity index (χ2n) is 18.8. The zero-order chi connectivity index (χ0) is 42.7. The zero-order valence-electron chi connectivity index (χ0n) is 35.9. The van der Waals surface area contributed by atoms with Crippen LogP contribution >= 0.6 is 0 Å². The number of piperidine rings is 2. The minimum Gasteiger partial charge on any atom is -0.496 e. The second kappa shape index (κ2) is 14.2. The van der Waals surface area contributed by atoms with Crippen LogP contribution in [0.1, 0.15) is 81.7 Å². The molecule has 0 radical (unpaired) electrons. The fraction of sp³-hybridized carbons (Fsp3) is 0.630. The Bertz CT molecular complexity index is 2250. The van der Waals surface area contributed by atoms with Crippen molar-refractivity contribution >= 4 is 34.5 Å². The first-order valence-corrected chi connectivity index (χ1v) is 21.6. The van der Waals surface area contributed by atoms with Gasteiger partial charge in [0, 0.05) is 90.9 Å². The Morgan fingerprint density at radius 1 is 0.917 bits per heavy atom. The van der Waals surface area contributed by atoms with Crippen LogP contribution in [0, 0.1) is 11.3 Å². The number of fused-ring (bicyclic) bond motifs is 6. The topological polar surface area (TPSA) is 174 Å². The highest BCUT2D eigenvalue weighted by atomic mass is 16.6. The molecule has 14 nitrogen and oxygen atoms in total. The minimum absolute atomic E-state index is 0.121. The Hall–Kier alpha value is -4.21. The van der Waals surface area contributed by atoms with Crippen LogP contribution in [0.2, 0.25) is 0 Å². The molecule has 6 aliphatic rings. The van der Waals surface area contributed by atoms with Gasteiger partial charge in [0.15, 0.2) is 6.10 Å². The normalized spacial score (nSPS) is 38.1. The molecule has 0 amide bonds. The van der Waals surface area contributed by atoms with E-state index in [-0.39, 0.29) is 12.3 Å². The average molecular weight is 829 g/mol. The molecule has 9 rings (SSSR count). The van der Waals surface area contributed by atoms with Gasteiger partial charge in [0.2, 0.25) is 5.60 Å². The maximum Gasteiger partial charge on any atom is 0.344 e. The Morgan fingerprint density at radius 2 is 1.67 bits per heavy atom. The van der Waals surface area contributed by atoms with Gasteiger partial charge in [-0.1, -0.05) is 32.0 Å². The number of aromatic nitrogens is 1. The molecule has 60 heavy (non-hydrogen) atoms. The summed E-state index contributed by atoms with van der Waals surface area (Å²) in [5.41, 5.74) is -2.10. The number of likely N-dealkylation sites (N-methyl/N-ethyl adjacent to an activating group) is 1. The number of esters is 3. The number of aliphatic hydroxyl groups excluding tert-OH is 1. The van der Waals surface area contributed by atoms with E-state index in [0.717, 1.165) is 27.7 Å². The summed E-state index contributed by atoms with van der Waals surface area (Å²) in [5, 5.41) is 37.9. The molecule has 324 valence electrons. The fourth-order valence-corrected chi connectivity index (χ4v) is 14.0. The molecule has 3 saturated heterocycles. The van der Waals surface area contributed by atoms with E-state index in [0.29, 0.717) is 88.2 Å². The maximum absolute atomic E-state index is 15.3. The van der Waals surface area contributed by atoms with Crippen LogP contribution in [-0.4, -0.2) is 145 Å². The lowest BCUT2D eigenvalue weighted by atomic mass is 9.46. The molecule has 2 aromatic carbocycles. The van der Waals surface area contributed by atoms with Gasteiger partial charge < -0.3 is 44.2 Å². The number of carbonyl (C=O) groups is 3. The van der Waals surface area contributed by atoms with Crippen molar-refractivity contribution in [3.8, 4) is 5.75 Å². The highest BCUT2D eigenvalue weighted by molar-refractivity contribution is 5.95. The van der Waals surface area contributed by atoms with Crippen molar-refractivity contribution in [2.45, 2.75) is 112 Å². The Labute approximate surface area is 351 Å². The van der Waals surface area contributed by atoms with Gasteiger partial charge in [-0.25, -0.2) is 4.79 Å². The Kier molecular flexibility index (Phi) is 9.72. The number of carbonyl (C=O) groups excluding carboxylic acids is 3. The molecular formula is C46H60N4O10. The van der Waals surface area contributed by atoms with E-state index in [4.69, 9.17) is 18.9 Å². The molecule has 1 spiro atoms. The number of rotatable bonds is 7. The third-order valence-electron chi connectivity index (χ3n) is 16.0. The first-order valence-electron chi connectivity index (χ1n) is 21.6. The van der Waals surface area contributed by atoms with Gasteiger partial charge in [0.1, 0.15) is 11.2 Å². The van der Waals surface area contributed by atoms with Crippen LogP contribution in [0.3, 0.4) is 0 Å². The van der Waals surface area contributed by atoms with Gasteiger partial charge in [-0.15, -0.1) is 0 Å². The lowest BCUT2D eigenvalue weighted by molar-refractivity contribution is -0.249. The highest BCUT2D eigenvalue weighted by Crippen LogP contribution is 2.69. The number of para-hydroxylation sites is 1. The molecule has 1 unspecified atom stereocenters. The van der Waals surface area contributed by atoms with E-state index >= 15 is 4.79 Å². The Morgan fingerprint density at radius 3 is 2.35 bits per heavy atom. The van der Waals surface area contributed by atoms with Crippen molar-refractivity contribution in [2.75, 3.05) is 66.0 Å². The summed E-state index contributed by atoms with van der Waals surface area (Å²) in [7, 11) is 6.06. The van der Waals surface area contributed by atoms with Crippen molar-refractivity contribution in [3.63, 3.8) is 0 Å². The predicted octanol–water partition coefficient (Wildman–Crippen LogP) is 3.19. The lowest BCUT2D eigenvalue weighted by Gasteiger charge is -2.65. The van der Waals surface area contributed by atoms with Crippen molar-refractivity contribution in [1.29, 1.82) is 0 Å². The molecule has 4 N–H and O–H groups in total. The number of aliphatic hydroxyl groups is 3. The summed E-state index contributed by atoms with van der Waals surface area (Å²) in [6.07, 6.45) is 0.888. The van der Waals surface area contributed by atoms with Crippen LogP contribution in [0.15, 0.2) is 36.4 Å². The summed E-state index contributed by atoms with van der Waals surface area (Å²) in [4.78, 5) is 53.1. The largest absolute Gasteiger partial charge is 0.496 e. The second-order valence-corrected chi connectivity index (χ2v) is 18.8. The summed E-state index contributed by atoms with van der Waals surface area (Å²) in [5.74, 6) is -1.73. The third kappa shape index (κ3) is 5.32. The van der Waals surface area contributed by atoms with Crippen molar-refractivity contribution in [1.82, 2.24) is 14.8 Å². The molecule has 1 aromatic heterocycles. The number of methoxy groups -OCH3 is 3. The van der Waals surface area contributed by atoms with Crippen LogP contribution in [0.4, 0.5) is 5.69 Å². The van der Waals surface area contributed by atoms with Crippen molar-refractivity contribution < 1.29 is 48.7 Å². The molecule has 1 saturated carbocycles. The van der Waals surface area contributed by atoms with E-state index in [1.165, 1.54) is 21.1 Å². The number of nitrogens with one attached hydrogen (secondary N) is 1. The number of nitrogens with zero attached hydrogens (tertiary/aromatic N) is 3. The molecule has 4 fully saturated rings. The van der Waals surface area contributed by atoms with E-state index in [2.05, 4.69) is 26.9 Å². The number of aromatic amines is 1. The zero-order valence-corrected chi connectivity index (χ0v) is 35.9. The quantitative estimate of drug-likeness (QED) is 0.202. The highest BCUT2D eigenvalue weighted by Gasteiger charge is 2.81. The molecular weight excluding hydrogens is 769 g/mol. The molecule has 11 atom stereocenters. The first-order chi connectivity index (χ1) is 28.6. The number of ether oxygens (including phenoxy) is 4. The predicted molar refractivity (Wildman–Crippen MR) is 222 cm³/mol. The average Bonchev–Trinajstić information content (AvgIpc) is 3.89. The van der Waals surface area contributed by atoms with Gasteiger partial charge in [-0.3, -0.25) is 19.4 Å². The van der Waals surface area contributed by atoms with E-state index in [1.54, 1.807) is 7.11 Å². The maximum atomic E-state index is 15.3. The SMILES string of the molecule is CC[C@]1(O)C[C@@H]2CN(CCc3c([nH]c4ccccc34)[C@@](C(=O)OC)(c3cc4c(cc3OC)N(C)[C@H]3[C@@](O)(C(=O)OC)[C@H](OC(C)=O)[C@]5(CC)C[C@H](O)CN6CC[C@]43[C@@H]65)C2)C1. The van der Waals surface area contributed by atoms with Crippen molar-refractivity contribution in [2.24, 2.45) is 11.3 Å². The van der Waals surface area contributed by atoms with Gasteiger partial charge in [-0.05, 0) is 80.7 Å². The third-order valence-corrected chi connectivity index (χ3v) is 16.0. The summed E-state index contributed by atoms with van der Waals surface area (Å²) < 4.78 is 23.9. The van der Waals surface area contributed by atoms with E-state index in [1.807, 2.05) is 50.1 Å². The molecule has 3 aromatic rings. The lowest BCUT2D eigenvalue weighted by Crippen LogP contribution is -2.82. The summed E-state index contributed by atoms with van der Waals surface area (Å²) in [6.45, 7) is 8.08. The molecule has 14 heteroatoms. The monoisotopic (exact) mass is 828 g/mol. The van der Waals surface area contributed by atoms with Gasteiger partial charge in [-0.2, -0.15) is 0 Å².